The third-order valence-corrected chi connectivity index (χ3v) is 2.70. The van der Waals surface area contributed by atoms with Gasteiger partial charge in [0, 0.05) is 0 Å². The summed E-state index contributed by atoms with van der Waals surface area (Å²) < 4.78 is 4.86. The number of ether oxygens (including phenoxy) is 1. The molecule has 0 unspecified atom stereocenters. The molecule has 4 heteroatoms. The van der Waals surface area contributed by atoms with Crippen molar-refractivity contribution in [2.75, 3.05) is 6.61 Å². The molecule has 1 saturated heterocycles. The molecule has 1 aliphatic heterocycles. The maximum atomic E-state index is 10.9. The highest BCUT2D eigenvalue weighted by molar-refractivity contribution is 5.85. The molecule has 82 valence electrons. The number of halogens is 1. The summed E-state index contributed by atoms with van der Waals surface area (Å²) in [6, 6.07) is 6.11. The Bertz CT molecular complexity index is 379. The van der Waals surface area contributed by atoms with Crippen molar-refractivity contribution in [1.29, 1.82) is 0 Å². The smallest absolute Gasteiger partial charge is 0.407 e. The second-order valence-corrected chi connectivity index (χ2v) is 3.58. The van der Waals surface area contributed by atoms with Gasteiger partial charge in [0.05, 0.1) is 6.04 Å². The second kappa shape index (κ2) is 4.53. The molecule has 2 rings (SSSR count). The first-order valence-corrected chi connectivity index (χ1v) is 4.68. The van der Waals surface area contributed by atoms with E-state index in [-0.39, 0.29) is 24.5 Å². The summed E-state index contributed by atoms with van der Waals surface area (Å²) in [6.07, 6.45) is -0.323. The van der Waals surface area contributed by atoms with Gasteiger partial charge in [-0.3, -0.25) is 0 Å². The maximum absolute atomic E-state index is 10.9. The van der Waals surface area contributed by atoms with Crippen LogP contribution in [0.5, 0.6) is 0 Å². The van der Waals surface area contributed by atoms with Crippen molar-refractivity contribution in [2.45, 2.75) is 19.9 Å². The van der Waals surface area contributed by atoms with Crippen LogP contribution in [0.4, 0.5) is 4.79 Å². The van der Waals surface area contributed by atoms with Gasteiger partial charge in [-0.05, 0) is 30.5 Å². The van der Waals surface area contributed by atoms with Gasteiger partial charge >= 0.3 is 6.09 Å². The van der Waals surface area contributed by atoms with Crippen LogP contribution in [0.25, 0.3) is 0 Å². The van der Waals surface area contributed by atoms with Gasteiger partial charge in [-0.25, -0.2) is 4.79 Å². The third-order valence-electron chi connectivity index (χ3n) is 2.70. The minimum absolute atomic E-state index is 0. The topological polar surface area (TPSA) is 38.3 Å². The van der Waals surface area contributed by atoms with Gasteiger partial charge in [0.25, 0.3) is 0 Å². The van der Waals surface area contributed by atoms with E-state index in [1.54, 1.807) is 0 Å². The Labute approximate surface area is 95.2 Å². The van der Waals surface area contributed by atoms with Gasteiger partial charge in [-0.1, -0.05) is 18.2 Å². The molecule has 0 saturated carbocycles. The molecule has 3 nitrogen and oxygen atoms in total. The SMILES string of the molecule is Cc1cccc([C@@H]2COC(=O)N2)c1C.Cl. The molecular weight excluding hydrogens is 214 g/mol. The van der Waals surface area contributed by atoms with Crippen molar-refractivity contribution < 1.29 is 9.53 Å². The lowest BCUT2D eigenvalue weighted by Gasteiger charge is -2.12. The zero-order chi connectivity index (χ0) is 10.1. The number of rotatable bonds is 1. The number of benzene rings is 1. The number of nitrogens with one attached hydrogen (secondary N) is 1. The lowest BCUT2D eigenvalue weighted by atomic mass is 9.98. The van der Waals surface area contributed by atoms with Crippen molar-refractivity contribution in [2.24, 2.45) is 0 Å². The number of amides is 1. The van der Waals surface area contributed by atoms with E-state index in [1.165, 1.54) is 11.1 Å². The third kappa shape index (κ3) is 2.23. The molecule has 15 heavy (non-hydrogen) atoms. The average molecular weight is 228 g/mol. The van der Waals surface area contributed by atoms with Gasteiger partial charge < -0.3 is 10.1 Å². The first kappa shape index (κ1) is 11.9. The Hall–Kier alpha value is -1.22. The lowest BCUT2D eigenvalue weighted by molar-refractivity contribution is 0.177. The number of hydrogen-bond donors (Lipinski definition) is 1. The van der Waals surface area contributed by atoms with E-state index in [1.807, 2.05) is 12.1 Å². The fraction of sp³-hybridized carbons (Fsp3) is 0.364. The van der Waals surface area contributed by atoms with E-state index >= 15 is 0 Å². The molecular formula is C11H14ClNO2. The molecule has 0 bridgehead atoms. The van der Waals surface area contributed by atoms with Crippen LogP contribution in [-0.4, -0.2) is 12.7 Å². The summed E-state index contributed by atoms with van der Waals surface area (Å²) in [6.45, 7) is 4.56. The number of alkyl carbamates (subject to hydrolysis) is 1. The average Bonchev–Trinajstić information content (AvgIpc) is 2.57. The first-order valence-electron chi connectivity index (χ1n) is 4.68. The Kier molecular flexibility index (Phi) is 3.58. The van der Waals surface area contributed by atoms with Crippen LogP contribution in [0.2, 0.25) is 0 Å². The van der Waals surface area contributed by atoms with Gasteiger partial charge in [-0.2, -0.15) is 0 Å². The normalized spacial score (nSPS) is 19.1. The highest BCUT2D eigenvalue weighted by Gasteiger charge is 2.24. The van der Waals surface area contributed by atoms with Crippen molar-refractivity contribution in [3.8, 4) is 0 Å². The van der Waals surface area contributed by atoms with Gasteiger partial charge in [0.2, 0.25) is 0 Å². The van der Waals surface area contributed by atoms with Gasteiger partial charge in [0.15, 0.2) is 0 Å². The Morgan fingerprint density at radius 3 is 2.73 bits per heavy atom. The predicted molar refractivity (Wildman–Crippen MR) is 60.4 cm³/mol. The highest BCUT2D eigenvalue weighted by atomic mass is 35.5. The van der Waals surface area contributed by atoms with Crippen molar-refractivity contribution in [3.05, 3.63) is 34.9 Å². The molecule has 0 spiro atoms. The molecule has 1 aromatic rings. The highest BCUT2D eigenvalue weighted by Crippen LogP contribution is 2.23. The van der Waals surface area contributed by atoms with E-state index in [2.05, 4.69) is 25.2 Å². The largest absolute Gasteiger partial charge is 0.447 e. The molecule has 1 atom stereocenters. The summed E-state index contributed by atoms with van der Waals surface area (Å²) in [5, 5.41) is 2.78. The first-order chi connectivity index (χ1) is 6.68. The predicted octanol–water partition coefficient (Wildman–Crippen LogP) is 2.51. The summed E-state index contributed by atoms with van der Waals surface area (Å²) in [4.78, 5) is 10.9. The van der Waals surface area contributed by atoms with Crippen molar-refractivity contribution in [1.82, 2.24) is 5.32 Å². The summed E-state index contributed by atoms with van der Waals surface area (Å²) in [5.74, 6) is 0. The van der Waals surface area contributed by atoms with Crippen LogP contribution in [0.15, 0.2) is 18.2 Å². The van der Waals surface area contributed by atoms with Crippen LogP contribution >= 0.6 is 12.4 Å². The Morgan fingerprint density at radius 2 is 2.13 bits per heavy atom. The van der Waals surface area contributed by atoms with Gasteiger partial charge in [0.1, 0.15) is 6.61 Å². The minimum Gasteiger partial charge on any atom is -0.447 e. The summed E-state index contributed by atoms with van der Waals surface area (Å²) >= 11 is 0. The molecule has 1 aliphatic rings. The standard InChI is InChI=1S/C11H13NO2.ClH/c1-7-4-3-5-9(8(7)2)10-6-14-11(13)12-10;/h3-5,10H,6H2,1-2H3,(H,12,13);1H/t10-;/m0./s1. The zero-order valence-corrected chi connectivity index (χ0v) is 9.56. The van der Waals surface area contributed by atoms with E-state index in [0.717, 1.165) is 5.56 Å². The molecule has 0 radical (unpaired) electrons. The second-order valence-electron chi connectivity index (χ2n) is 3.58. The van der Waals surface area contributed by atoms with Gasteiger partial charge in [-0.15, -0.1) is 12.4 Å². The van der Waals surface area contributed by atoms with Crippen LogP contribution in [0.3, 0.4) is 0 Å². The van der Waals surface area contributed by atoms with Crippen LogP contribution in [0, 0.1) is 13.8 Å². The molecule has 1 heterocycles. The molecule has 1 fully saturated rings. The number of carbonyl (C=O) groups is 1. The van der Waals surface area contributed by atoms with Crippen molar-refractivity contribution in [3.63, 3.8) is 0 Å². The van der Waals surface area contributed by atoms with E-state index in [4.69, 9.17) is 4.74 Å². The van der Waals surface area contributed by atoms with Crippen LogP contribution in [-0.2, 0) is 4.74 Å². The fourth-order valence-electron chi connectivity index (χ4n) is 1.70. The summed E-state index contributed by atoms with van der Waals surface area (Å²) in [5.41, 5.74) is 3.61. The monoisotopic (exact) mass is 227 g/mol. The summed E-state index contributed by atoms with van der Waals surface area (Å²) in [7, 11) is 0. The van der Waals surface area contributed by atoms with Crippen LogP contribution < -0.4 is 5.32 Å². The fourth-order valence-corrected chi connectivity index (χ4v) is 1.70. The number of aryl methyl sites for hydroxylation is 1. The molecule has 1 N–H and O–H groups in total. The number of carbonyl (C=O) groups excluding carboxylic acids is 1. The molecule has 0 aliphatic carbocycles. The maximum Gasteiger partial charge on any atom is 0.407 e. The number of hydrogen-bond acceptors (Lipinski definition) is 2. The van der Waals surface area contributed by atoms with E-state index in [0.29, 0.717) is 6.61 Å². The van der Waals surface area contributed by atoms with Crippen molar-refractivity contribution >= 4 is 18.5 Å². The molecule has 1 amide bonds. The quantitative estimate of drug-likeness (QED) is 0.801. The van der Waals surface area contributed by atoms with E-state index < -0.39 is 0 Å². The Morgan fingerprint density at radius 1 is 1.40 bits per heavy atom. The van der Waals surface area contributed by atoms with Crippen LogP contribution in [0.1, 0.15) is 22.7 Å². The Balaban J connectivity index is 0.00000112. The zero-order valence-electron chi connectivity index (χ0n) is 8.74. The lowest BCUT2D eigenvalue weighted by Crippen LogP contribution is -2.19. The minimum atomic E-state index is -0.323. The molecule has 0 aromatic heterocycles. The number of cyclic esters (lactones) is 1. The van der Waals surface area contributed by atoms with E-state index in [9.17, 15) is 4.79 Å². The molecule has 1 aromatic carbocycles.